The topological polar surface area (TPSA) is 57.3 Å². The van der Waals surface area contributed by atoms with Crippen molar-refractivity contribution in [3.8, 4) is 0 Å². The number of hydrogen-bond donors (Lipinski definition) is 2. The number of anilines is 1. The van der Waals surface area contributed by atoms with Gasteiger partial charge in [0.25, 0.3) is 5.91 Å². The molecule has 0 saturated carbocycles. The lowest BCUT2D eigenvalue weighted by Gasteiger charge is -2.16. The second-order valence-corrected chi connectivity index (χ2v) is 7.56. The van der Waals surface area contributed by atoms with Crippen LogP contribution in [0.1, 0.15) is 48.9 Å². The van der Waals surface area contributed by atoms with Gasteiger partial charge in [0.1, 0.15) is 0 Å². The van der Waals surface area contributed by atoms with Gasteiger partial charge in [-0.05, 0) is 56.0 Å². The number of nitrogens with one attached hydrogen (secondary N) is 2. The highest BCUT2D eigenvalue weighted by Crippen LogP contribution is 2.23. The van der Waals surface area contributed by atoms with Crippen LogP contribution >= 0.6 is 0 Å². The Kier molecular flexibility index (Phi) is 8.31. The van der Waals surface area contributed by atoms with Gasteiger partial charge in [0.05, 0.1) is 6.67 Å². The van der Waals surface area contributed by atoms with E-state index in [-0.39, 0.29) is 5.91 Å². The highest BCUT2D eigenvalue weighted by atomic mass is 16.2. The van der Waals surface area contributed by atoms with E-state index in [2.05, 4.69) is 15.6 Å². The van der Waals surface area contributed by atoms with E-state index < -0.39 is 0 Å². The summed E-state index contributed by atoms with van der Waals surface area (Å²) < 4.78 is 0. The summed E-state index contributed by atoms with van der Waals surface area (Å²) in [5, 5.41) is 6.75. The molecule has 1 aliphatic rings. The summed E-state index contributed by atoms with van der Waals surface area (Å²) in [6.07, 6.45) is 11.0. The first-order valence-electron chi connectivity index (χ1n) is 10.5. The molecule has 150 valence electrons. The zero-order chi connectivity index (χ0) is 19.4. The minimum absolute atomic E-state index is 0.189. The number of rotatable bonds is 11. The molecule has 0 spiro atoms. The molecule has 1 aromatic carbocycles. The number of likely N-dealkylation sites (tertiary alicyclic amines) is 1. The summed E-state index contributed by atoms with van der Waals surface area (Å²) in [5.74, 6) is 0.866. The molecule has 1 atom stereocenters. The first-order valence-corrected chi connectivity index (χ1v) is 10.5. The van der Waals surface area contributed by atoms with Crippen molar-refractivity contribution in [3.05, 3.63) is 60.4 Å². The summed E-state index contributed by atoms with van der Waals surface area (Å²) in [7, 11) is 0. The van der Waals surface area contributed by atoms with Crippen molar-refractivity contribution in [1.29, 1.82) is 0 Å². The summed E-state index contributed by atoms with van der Waals surface area (Å²) in [6, 6.07) is 13.6. The normalized spacial score (nSPS) is 16.3. The van der Waals surface area contributed by atoms with Crippen LogP contribution in [0.15, 0.2) is 54.9 Å². The van der Waals surface area contributed by atoms with Gasteiger partial charge in [0.15, 0.2) is 0 Å². The molecule has 1 saturated heterocycles. The fourth-order valence-electron chi connectivity index (χ4n) is 3.78. The van der Waals surface area contributed by atoms with Crippen LogP contribution in [0.4, 0.5) is 5.69 Å². The summed E-state index contributed by atoms with van der Waals surface area (Å²) in [5.41, 5.74) is 1.91. The molecule has 1 unspecified atom stereocenters. The van der Waals surface area contributed by atoms with Crippen LogP contribution < -0.4 is 10.6 Å². The maximum Gasteiger partial charge on any atom is 0.253 e. The van der Waals surface area contributed by atoms with E-state index in [0.29, 0.717) is 5.92 Å². The van der Waals surface area contributed by atoms with Gasteiger partial charge in [-0.2, -0.15) is 0 Å². The highest BCUT2D eigenvalue weighted by Gasteiger charge is 2.26. The molecule has 28 heavy (non-hydrogen) atoms. The third kappa shape index (κ3) is 6.64. The van der Waals surface area contributed by atoms with Crippen molar-refractivity contribution in [2.24, 2.45) is 5.92 Å². The van der Waals surface area contributed by atoms with Gasteiger partial charge in [0.2, 0.25) is 0 Å². The zero-order valence-electron chi connectivity index (χ0n) is 16.6. The predicted molar refractivity (Wildman–Crippen MR) is 114 cm³/mol. The number of nitrogens with zero attached hydrogens (tertiary/aromatic N) is 2. The van der Waals surface area contributed by atoms with E-state index in [1.54, 1.807) is 12.4 Å². The Morgan fingerprint density at radius 2 is 1.82 bits per heavy atom. The minimum atomic E-state index is 0.189. The lowest BCUT2D eigenvalue weighted by molar-refractivity contribution is 0.0786. The summed E-state index contributed by atoms with van der Waals surface area (Å²) in [6.45, 7) is 3.67. The van der Waals surface area contributed by atoms with E-state index >= 15 is 0 Å². The van der Waals surface area contributed by atoms with Gasteiger partial charge in [0, 0.05) is 36.7 Å². The minimum Gasteiger partial charge on any atom is -0.372 e. The van der Waals surface area contributed by atoms with Crippen LogP contribution in [-0.4, -0.2) is 42.1 Å². The van der Waals surface area contributed by atoms with Crippen LogP contribution in [0.2, 0.25) is 0 Å². The Bertz CT molecular complexity index is 692. The van der Waals surface area contributed by atoms with Crippen LogP contribution in [0.3, 0.4) is 0 Å². The second-order valence-electron chi connectivity index (χ2n) is 7.56. The molecule has 5 nitrogen and oxygen atoms in total. The number of unbranched alkanes of at least 4 members (excludes halogenated alkanes) is 3. The number of pyridine rings is 1. The van der Waals surface area contributed by atoms with E-state index in [1.807, 2.05) is 47.4 Å². The molecule has 0 aliphatic carbocycles. The smallest absolute Gasteiger partial charge is 0.253 e. The molecule has 2 aromatic rings. The second kappa shape index (κ2) is 11.4. The van der Waals surface area contributed by atoms with Crippen molar-refractivity contribution in [2.45, 2.75) is 38.5 Å². The molecule has 0 bridgehead atoms. The van der Waals surface area contributed by atoms with E-state index in [4.69, 9.17) is 0 Å². The Balaban J connectivity index is 1.19. The highest BCUT2D eigenvalue weighted by molar-refractivity contribution is 5.94. The molecule has 1 fully saturated rings. The first-order chi connectivity index (χ1) is 13.8. The molecule has 1 aromatic heterocycles. The van der Waals surface area contributed by atoms with Crippen LogP contribution in [0.5, 0.6) is 0 Å². The lowest BCUT2D eigenvalue weighted by Crippen LogP contribution is -2.28. The van der Waals surface area contributed by atoms with Gasteiger partial charge >= 0.3 is 0 Å². The van der Waals surface area contributed by atoms with Crippen molar-refractivity contribution in [1.82, 2.24) is 15.2 Å². The summed E-state index contributed by atoms with van der Waals surface area (Å²) in [4.78, 5) is 18.5. The lowest BCUT2D eigenvalue weighted by atomic mass is 10.00. The van der Waals surface area contributed by atoms with Crippen LogP contribution in [0.25, 0.3) is 0 Å². The fraction of sp³-hybridized carbons (Fsp3) is 0.478. The number of carbonyl (C=O) groups is 1. The van der Waals surface area contributed by atoms with Crippen molar-refractivity contribution >= 4 is 11.6 Å². The molecule has 1 aliphatic heterocycles. The molecular weight excluding hydrogens is 348 g/mol. The average Bonchev–Trinajstić information content (AvgIpc) is 3.22. The van der Waals surface area contributed by atoms with Gasteiger partial charge in [-0.3, -0.25) is 9.78 Å². The average molecular weight is 381 g/mol. The number of amides is 1. The molecule has 0 radical (unpaired) electrons. The Labute approximate surface area is 168 Å². The van der Waals surface area contributed by atoms with Gasteiger partial charge in [-0.25, -0.2) is 0 Å². The van der Waals surface area contributed by atoms with Gasteiger partial charge in [-0.1, -0.05) is 37.5 Å². The standard InChI is InChI=1S/C23H32N4O/c28-23(21-9-5-3-6-10-21)27-17-13-20(18-27)8-4-1-2-7-14-25-19-26-22-11-15-24-16-12-22/h3,5-6,9-12,15-16,20,25H,1-2,4,7-8,13-14,17-19H2,(H,24,26). The van der Waals surface area contributed by atoms with Gasteiger partial charge < -0.3 is 15.5 Å². The Hall–Kier alpha value is -2.40. The molecule has 2 heterocycles. The quantitative estimate of drug-likeness (QED) is 0.454. The molecule has 2 N–H and O–H groups in total. The predicted octanol–water partition coefficient (Wildman–Crippen LogP) is 4.15. The van der Waals surface area contributed by atoms with E-state index in [9.17, 15) is 4.79 Å². The Morgan fingerprint density at radius 1 is 1.04 bits per heavy atom. The third-order valence-corrected chi connectivity index (χ3v) is 5.41. The summed E-state index contributed by atoms with van der Waals surface area (Å²) >= 11 is 0. The fourth-order valence-corrected chi connectivity index (χ4v) is 3.78. The maximum atomic E-state index is 12.5. The van der Waals surface area contributed by atoms with Crippen LogP contribution in [-0.2, 0) is 0 Å². The molecular formula is C23H32N4O. The maximum absolute atomic E-state index is 12.5. The molecule has 1 amide bonds. The van der Waals surface area contributed by atoms with E-state index in [1.165, 1.54) is 32.1 Å². The monoisotopic (exact) mass is 380 g/mol. The molecule has 5 heteroatoms. The number of benzene rings is 1. The van der Waals surface area contributed by atoms with Crippen molar-refractivity contribution in [2.75, 3.05) is 31.6 Å². The number of hydrogen-bond acceptors (Lipinski definition) is 4. The number of carbonyl (C=O) groups excluding carboxylic acids is 1. The van der Waals surface area contributed by atoms with Crippen LogP contribution in [0, 0.1) is 5.92 Å². The zero-order valence-corrected chi connectivity index (χ0v) is 16.6. The SMILES string of the molecule is O=C(c1ccccc1)N1CCC(CCCCCCNCNc2ccncc2)C1. The third-order valence-electron chi connectivity index (χ3n) is 5.41. The van der Waals surface area contributed by atoms with Crippen molar-refractivity contribution < 1.29 is 4.79 Å². The Morgan fingerprint density at radius 3 is 2.64 bits per heavy atom. The number of aromatic nitrogens is 1. The largest absolute Gasteiger partial charge is 0.372 e. The first kappa shape index (κ1) is 20.3. The van der Waals surface area contributed by atoms with E-state index in [0.717, 1.165) is 44.0 Å². The van der Waals surface area contributed by atoms with Gasteiger partial charge in [-0.15, -0.1) is 0 Å². The van der Waals surface area contributed by atoms with Crippen molar-refractivity contribution in [3.63, 3.8) is 0 Å². The molecule has 3 rings (SSSR count).